The molecular weight excluding hydrogens is 263 g/mol. The van der Waals surface area contributed by atoms with Crippen molar-refractivity contribution in [3.63, 3.8) is 0 Å². The second kappa shape index (κ2) is 7.33. The second-order valence-corrected chi connectivity index (χ2v) is 4.10. The predicted molar refractivity (Wildman–Crippen MR) is 70.7 cm³/mol. The molecule has 5 heteroatoms. The van der Waals surface area contributed by atoms with Crippen LogP contribution in [-0.2, 0) is 14.3 Å². The van der Waals surface area contributed by atoms with Crippen molar-refractivity contribution in [2.75, 3.05) is 6.61 Å². The highest BCUT2D eigenvalue weighted by atomic mass is 19.1. The normalized spacial score (nSPS) is 11.5. The van der Waals surface area contributed by atoms with E-state index in [4.69, 9.17) is 4.74 Å². The summed E-state index contributed by atoms with van der Waals surface area (Å²) in [4.78, 5) is 34.5. The largest absolute Gasteiger partial charge is 0.466 e. The number of benzene rings is 1. The summed E-state index contributed by atoms with van der Waals surface area (Å²) in [5.74, 6) is -3.05. The molecule has 0 aliphatic heterocycles. The molecule has 1 aromatic rings. The van der Waals surface area contributed by atoms with Crippen molar-refractivity contribution in [3.05, 3.63) is 47.8 Å². The lowest BCUT2D eigenvalue weighted by Gasteiger charge is -2.14. The highest BCUT2D eigenvalue weighted by Gasteiger charge is 2.27. The minimum absolute atomic E-state index is 0.0619. The molecule has 4 nitrogen and oxygen atoms in total. The third-order valence-corrected chi connectivity index (χ3v) is 2.73. The fourth-order valence-electron chi connectivity index (χ4n) is 1.67. The van der Waals surface area contributed by atoms with Gasteiger partial charge in [-0.15, -0.1) is 0 Å². The van der Waals surface area contributed by atoms with E-state index in [9.17, 15) is 18.8 Å². The smallest absolute Gasteiger partial charge is 0.313 e. The summed E-state index contributed by atoms with van der Waals surface area (Å²) in [7, 11) is 0. The lowest BCUT2D eigenvalue weighted by Crippen LogP contribution is -2.23. The summed E-state index contributed by atoms with van der Waals surface area (Å²) >= 11 is 0. The summed E-state index contributed by atoms with van der Waals surface area (Å²) in [5, 5.41) is 0. The average molecular weight is 278 g/mol. The Balaban J connectivity index is 2.93. The lowest BCUT2D eigenvalue weighted by atomic mass is 9.92. The Hall–Kier alpha value is -2.30. The quantitative estimate of drug-likeness (QED) is 0.332. The van der Waals surface area contributed by atoms with Gasteiger partial charge in [0.2, 0.25) is 0 Å². The summed E-state index contributed by atoms with van der Waals surface area (Å²) in [5.41, 5.74) is -0.186. The maximum Gasteiger partial charge on any atom is 0.313 e. The van der Waals surface area contributed by atoms with Gasteiger partial charge in [-0.2, -0.15) is 0 Å². The summed E-state index contributed by atoms with van der Waals surface area (Å²) in [6.07, 6.45) is 0.0492. The molecule has 0 aliphatic carbocycles. The van der Waals surface area contributed by atoms with Crippen molar-refractivity contribution in [1.82, 2.24) is 0 Å². The van der Waals surface area contributed by atoms with Gasteiger partial charge >= 0.3 is 5.97 Å². The monoisotopic (exact) mass is 278 g/mol. The number of ketones is 1. The summed E-state index contributed by atoms with van der Waals surface area (Å²) < 4.78 is 18.3. The number of Topliss-reactive ketones (excluding diaryl/α,β-unsaturated/α-hetero) is 1. The first-order valence-electron chi connectivity index (χ1n) is 6.09. The molecule has 1 atom stereocenters. The van der Waals surface area contributed by atoms with Gasteiger partial charge < -0.3 is 4.74 Å². The zero-order valence-electron chi connectivity index (χ0n) is 11.1. The number of aldehydes is 1. The highest BCUT2D eigenvalue weighted by Crippen LogP contribution is 2.19. The van der Waals surface area contributed by atoms with Crippen LogP contribution in [0.15, 0.2) is 36.4 Å². The first-order chi connectivity index (χ1) is 9.51. The van der Waals surface area contributed by atoms with E-state index in [1.807, 2.05) is 0 Å². The SMILES string of the molecule is C=C(C=O)C(CC(=O)c1ccccc1F)C(=O)OCC. The molecule has 1 rings (SSSR count). The Bertz CT molecular complexity index is 536. The van der Waals surface area contributed by atoms with Crippen LogP contribution in [0.2, 0.25) is 0 Å². The number of hydrogen-bond acceptors (Lipinski definition) is 4. The Morgan fingerprint density at radius 2 is 2.05 bits per heavy atom. The van der Waals surface area contributed by atoms with Crippen LogP contribution in [0.4, 0.5) is 4.39 Å². The number of hydrogen-bond donors (Lipinski definition) is 0. The van der Waals surface area contributed by atoms with Gasteiger partial charge in [0, 0.05) is 6.42 Å². The van der Waals surface area contributed by atoms with Gasteiger partial charge in [-0.05, 0) is 24.6 Å². The molecule has 0 fully saturated rings. The Kier molecular flexibility index (Phi) is 5.77. The maximum atomic E-state index is 13.5. The summed E-state index contributed by atoms with van der Waals surface area (Å²) in [6, 6.07) is 5.45. The number of carbonyl (C=O) groups excluding carboxylic acids is 3. The van der Waals surface area contributed by atoms with Gasteiger partial charge in [0.25, 0.3) is 0 Å². The third-order valence-electron chi connectivity index (χ3n) is 2.73. The van der Waals surface area contributed by atoms with Gasteiger partial charge in [0.05, 0.1) is 18.1 Å². The molecule has 0 saturated heterocycles. The van der Waals surface area contributed by atoms with Crippen molar-refractivity contribution < 1.29 is 23.5 Å². The van der Waals surface area contributed by atoms with Crippen LogP contribution in [0.25, 0.3) is 0 Å². The predicted octanol–water partition coefficient (Wildman–Crippen LogP) is 2.33. The molecule has 106 valence electrons. The molecule has 0 N–H and O–H groups in total. The van der Waals surface area contributed by atoms with Crippen molar-refractivity contribution in [2.24, 2.45) is 5.92 Å². The second-order valence-electron chi connectivity index (χ2n) is 4.10. The first kappa shape index (κ1) is 15.8. The van der Waals surface area contributed by atoms with E-state index in [1.165, 1.54) is 18.2 Å². The minimum atomic E-state index is -1.08. The van der Waals surface area contributed by atoms with Crippen LogP contribution in [-0.4, -0.2) is 24.6 Å². The number of esters is 1. The van der Waals surface area contributed by atoms with Crippen LogP contribution >= 0.6 is 0 Å². The molecule has 0 aliphatic rings. The standard InChI is InChI=1S/C15H15FO4/c1-3-20-15(19)12(10(2)9-17)8-14(18)11-6-4-5-7-13(11)16/h4-7,9,12H,2-3,8H2,1H3. The van der Waals surface area contributed by atoms with Gasteiger partial charge in [0.1, 0.15) is 12.1 Å². The minimum Gasteiger partial charge on any atom is -0.466 e. The number of carbonyl (C=O) groups is 3. The van der Waals surface area contributed by atoms with E-state index < -0.39 is 23.5 Å². The summed E-state index contributed by atoms with van der Waals surface area (Å²) in [6.45, 7) is 5.16. The van der Waals surface area contributed by atoms with Crippen LogP contribution in [0.3, 0.4) is 0 Å². The lowest BCUT2D eigenvalue weighted by molar-refractivity contribution is -0.147. The molecular formula is C15H15FO4. The zero-order valence-corrected chi connectivity index (χ0v) is 11.1. The van der Waals surface area contributed by atoms with Gasteiger partial charge in [0.15, 0.2) is 5.78 Å². The maximum absolute atomic E-state index is 13.5. The first-order valence-corrected chi connectivity index (χ1v) is 6.09. The molecule has 0 radical (unpaired) electrons. The fourth-order valence-corrected chi connectivity index (χ4v) is 1.67. The van der Waals surface area contributed by atoms with Crippen LogP contribution < -0.4 is 0 Å². The average Bonchev–Trinajstić information content (AvgIpc) is 2.44. The van der Waals surface area contributed by atoms with E-state index in [2.05, 4.69) is 6.58 Å². The number of halogens is 1. The fraction of sp³-hybridized carbons (Fsp3) is 0.267. The molecule has 1 aromatic carbocycles. The third kappa shape index (κ3) is 3.85. The highest BCUT2D eigenvalue weighted by molar-refractivity contribution is 6.00. The molecule has 0 saturated carbocycles. The Morgan fingerprint density at radius 3 is 2.60 bits per heavy atom. The Morgan fingerprint density at radius 1 is 1.40 bits per heavy atom. The van der Waals surface area contributed by atoms with Gasteiger partial charge in [-0.25, -0.2) is 4.39 Å². The molecule has 0 heterocycles. The molecule has 0 amide bonds. The number of ether oxygens (including phenoxy) is 1. The van der Waals surface area contributed by atoms with Crippen LogP contribution in [0, 0.1) is 11.7 Å². The number of rotatable bonds is 7. The van der Waals surface area contributed by atoms with Gasteiger partial charge in [-0.3, -0.25) is 14.4 Å². The molecule has 0 bridgehead atoms. The van der Waals surface area contributed by atoms with E-state index in [-0.39, 0.29) is 24.2 Å². The van der Waals surface area contributed by atoms with E-state index in [0.29, 0.717) is 6.29 Å². The van der Waals surface area contributed by atoms with Crippen molar-refractivity contribution in [2.45, 2.75) is 13.3 Å². The molecule has 1 unspecified atom stereocenters. The van der Waals surface area contributed by atoms with Gasteiger partial charge in [-0.1, -0.05) is 18.7 Å². The van der Waals surface area contributed by atoms with E-state index >= 15 is 0 Å². The molecule has 20 heavy (non-hydrogen) atoms. The topological polar surface area (TPSA) is 60.4 Å². The van der Waals surface area contributed by atoms with Crippen LogP contribution in [0.1, 0.15) is 23.7 Å². The zero-order chi connectivity index (χ0) is 15.1. The van der Waals surface area contributed by atoms with E-state index in [1.54, 1.807) is 6.92 Å². The van der Waals surface area contributed by atoms with Crippen molar-refractivity contribution >= 4 is 18.0 Å². The van der Waals surface area contributed by atoms with E-state index in [0.717, 1.165) is 6.07 Å². The molecule has 0 aromatic heterocycles. The van der Waals surface area contributed by atoms with Crippen molar-refractivity contribution in [1.29, 1.82) is 0 Å². The Labute approximate surface area is 116 Å². The molecule has 0 spiro atoms. The van der Waals surface area contributed by atoms with Crippen molar-refractivity contribution in [3.8, 4) is 0 Å². The van der Waals surface area contributed by atoms with Crippen LogP contribution in [0.5, 0.6) is 0 Å².